The van der Waals surface area contributed by atoms with Gasteiger partial charge in [-0.3, -0.25) is 9.59 Å². The number of rotatable bonds is 29. The fourth-order valence-corrected chi connectivity index (χ4v) is 5.51. The largest absolute Gasteiger partial charge is 0.354 e. The van der Waals surface area contributed by atoms with Gasteiger partial charge in [-0.15, -0.1) is 0 Å². The minimum Gasteiger partial charge on any atom is -0.354 e. The second-order valence-electron chi connectivity index (χ2n) is 12.3. The van der Waals surface area contributed by atoms with E-state index in [4.69, 9.17) is 0 Å². The molecule has 2 amide bonds. The van der Waals surface area contributed by atoms with Crippen molar-refractivity contribution in [1.29, 1.82) is 0 Å². The van der Waals surface area contributed by atoms with E-state index in [1.807, 2.05) is 17.8 Å². The number of carbonyl (C=O) groups is 2. The third-order valence-electron chi connectivity index (χ3n) is 8.16. The van der Waals surface area contributed by atoms with E-state index in [0.717, 1.165) is 31.4 Å². The maximum Gasteiger partial charge on any atom is 0.242 e. The van der Waals surface area contributed by atoms with Crippen LogP contribution in [0, 0.1) is 0 Å². The third-order valence-corrected chi connectivity index (χ3v) is 8.16. The summed E-state index contributed by atoms with van der Waals surface area (Å²) in [5.74, 6) is -0.117. The summed E-state index contributed by atoms with van der Waals surface area (Å²) in [4.78, 5) is 30.1. The second-order valence-corrected chi connectivity index (χ2v) is 12.3. The average Bonchev–Trinajstić information content (AvgIpc) is 3.38. The predicted octanol–water partition coefficient (Wildman–Crippen LogP) is 8.97. The SMILES string of the molecule is CCCCCCCCCCCCCCNC(=O)C(Cc1cn(C)cn1)NC(=O)CCCCCCCCCCCCC. The molecular weight excluding hydrogens is 508 g/mol. The molecule has 41 heavy (non-hydrogen) atoms. The quantitative estimate of drug-likeness (QED) is 0.0938. The lowest BCUT2D eigenvalue weighted by Gasteiger charge is -2.18. The van der Waals surface area contributed by atoms with Crippen LogP contribution in [0.4, 0.5) is 0 Å². The molecular formula is C35H66N4O2. The van der Waals surface area contributed by atoms with Crippen molar-refractivity contribution in [2.45, 2.75) is 180 Å². The normalized spacial score (nSPS) is 12.0. The Balaban J connectivity index is 2.20. The molecule has 1 aromatic heterocycles. The number of hydrogen-bond acceptors (Lipinski definition) is 3. The summed E-state index contributed by atoms with van der Waals surface area (Å²) >= 11 is 0. The monoisotopic (exact) mass is 575 g/mol. The third kappa shape index (κ3) is 22.4. The predicted molar refractivity (Wildman–Crippen MR) is 174 cm³/mol. The van der Waals surface area contributed by atoms with Crippen molar-refractivity contribution >= 4 is 11.8 Å². The van der Waals surface area contributed by atoms with Crippen LogP contribution >= 0.6 is 0 Å². The Labute approximate surface area is 253 Å². The molecule has 0 spiro atoms. The minimum absolute atomic E-state index is 0.0256. The van der Waals surface area contributed by atoms with Crippen LogP contribution in [0.2, 0.25) is 0 Å². The van der Waals surface area contributed by atoms with Gasteiger partial charge < -0.3 is 15.2 Å². The molecule has 0 aliphatic rings. The van der Waals surface area contributed by atoms with E-state index in [1.54, 1.807) is 6.33 Å². The van der Waals surface area contributed by atoms with Crippen molar-refractivity contribution in [3.63, 3.8) is 0 Å². The van der Waals surface area contributed by atoms with Gasteiger partial charge in [0.2, 0.25) is 11.8 Å². The van der Waals surface area contributed by atoms with Crippen LogP contribution in [0.3, 0.4) is 0 Å². The number of hydrogen-bond donors (Lipinski definition) is 2. The summed E-state index contributed by atoms with van der Waals surface area (Å²) in [5, 5.41) is 6.08. The number of amides is 2. The van der Waals surface area contributed by atoms with Gasteiger partial charge in [0.1, 0.15) is 6.04 Å². The summed E-state index contributed by atoms with van der Waals surface area (Å²) in [6.07, 6.45) is 34.1. The van der Waals surface area contributed by atoms with Crippen LogP contribution < -0.4 is 10.6 Å². The second kappa shape index (κ2) is 27.0. The lowest BCUT2D eigenvalue weighted by atomic mass is 10.0. The number of imidazole rings is 1. The van der Waals surface area contributed by atoms with Gasteiger partial charge in [0.25, 0.3) is 0 Å². The topological polar surface area (TPSA) is 76.0 Å². The molecule has 0 aliphatic heterocycles. The highest BCUT2D eigenvalue weighted by atomic mass is 16.2. The van der Waals surface area contributed by atoms with Gasteiger partial charge in [-0.2, -0.15) is 0 Å². The average molecular weight is 575 g/mol. The number of aromatic nitrogens is 2. The number of carbonyl (C=O) groups excluding carboxylic acids is 2. The van der Waals surface area contributed by atoms with Crippen LogP contribution in [0.15, 0.2) is 12.5 Å². The lowest BCUT2D eigenvalue weighted by Crippen LogP contribution is -2.48. The summed E-state index contributed by atoms with van der Waals surface area (Å²) in [6, 6.07) is -0.567. The smallest absolute Gasteiger partial charge is 0.242 e. The van der Waals surface area contributed by atoms with Crippen molar-refractivity contribution in [1.82, 2.24) is 20.2 Å². The molecule has 1 atom stereocenters. The summed E-state index contributed by atoms with van der Waals surface area (Å²) in [6.45, 7) is 5.20. The van der Waals surface area contributed by atoms with Crippen LogP contribution in [-0.2, 0) is 23.1 Å². The van der Waals surface area contributed by atoms with Crippen LogP contribution in [0.5, 0.6) is 0 Å². The molecule has 0 saturated heterocycles. The van der Waals surface area contributed by atoms with Gasteiger partial charge in [0.05, 0.1) is 12.0 Å². The van der Waals surface area contributed by atoms with Gasteiger partial charge in [-0.1, -0.05) is 149 Å². The van der Waals surface area contributed by atoms with E-state index < -0.39 is 6.04 Å². The molecule has 6 heteroatoms. The zero-order chi connectivity index (χ0) is 29.8. The lowest BCUT2D eigenvalue weighted by molar-refractivity contribution is -0.129. The van der Waals surface area contributed by atoms with Gasteiger partial charge >= 0.3 is 0 Å². The van der Waals surface area contributed by atoms with E-state index >= 15 is 0 Å². The molecule has 0 bridgehead atoms. The first kappa shape index (κ1) is 37.2. The molecule has 6 nitrogen and oxygen atoms in total. The number of aryl methyl sites for hydroxylation is 1. The van der Waals surface area contributed by atoms with Crippen molar-refractivity contribution in [2.24, 2.45) is 7.05 Å². The number of unbranched alkanes of at least 4 members (excludes halogenated alkanes) is 21. The van der Waals surface area contributed by atoms with Crippen LogP contribution in [-0.4, -0.2) is 34.0 Å². The Hall–Kier alpha value is -1.85. The molecule has 0 fully saturated rings. The summed E-state index contributed by atoms with van der Waals surface area (Å²) in [5.41, 5.74) is 0.827. The fourth-order valence-electron chi connectivity index (χ4n) is 5.51. The first-order valence-electron chi connectivity index (χ1n) is 17.6. The highest BCUT2D eigenvalue weighted by molar-refractivity contribution is 5.87. The first-order chi connectivity index (χ1) is 20.1. The molecule has 0 aromatic carbocycles. The van der Waals surface area contributed by atoms with Gasteiger partial charge in [0.15, 0.2) is 0 Å². The Bertz CT molecular complexity index is 748. The van der Waals surface area contributed by atoms with Gasteiger partial charge in [-0.05, 0) is 12.8 Å². The van der Waals surface area contributed by atoms with E-state index in [1.165, 1.54) is 122 Å². The Kier molecular flexibility index (Phi) is 24.5. The Morgan fingerprint density at radius 1 is 0.683 bits per heavy atom. The van der Waals surface area contributed by atoms with E-state index in [9.17, 15) is 9.59 Å². The number of nitrogens with one attached hydrogen (secondary N) is 2. The van der Waals surface area contributed by atoms with Crippen LogP contribution in [0.25, 0.3) is 0 Å². The molecule has 1 heterocycles. The van der Waals surface area contributed by atoms with Crippen molar-refractivity contribution in [3.05, 3.63) is 18.2 Å². The summed E-state index contributed by atoms with van der Waals surface area (Å²) in [7, 11) is 1.92. The van der Waals surface area contributed by atoms with Crippen molar-refractivity contribution < 1.29 is 9.59 Å². The molecule has 1 rings (SSSR count). The van der Waals surface area contributed by atoms with Crippen molar-refractivity contribution in [2.75, 3.05) is 6.54 Å². The standard InChI is InChI=1S/C35H66N4O2/c1-4-6-8-10-12-14-16-18-20-22-24-26-28-36-35(41)33(29-32-30-39(3)31-37-32)38-34(40)27-25-23-21-19-17-15-13-11-9-7-5-2/h30-31,33H,4-29H2,1-3H3,(H,36,41)(H,38,40). The zero-order valence-electron chi connectivity index (χ0n) is 27.3. The molecule has 0 aliphatic carbocycles. The molecule has 0 radical (unpaired) electrons. The number of nitrogens with zero attached hydrogens (tertiary/aromatic N) is 2. The van der Waals surface area contributed by atoms with Gasteiger partial charge in [-0.25, -0.2) is 4.98 Å². The van der Waals surface area contributed by atoms with E-state index in [-0.39, 0.29) is 11.8 Å². The molecule has 2 N–H and O–H groups in total. The van der Waals surface area contributed by atoms with Crippen molar-refractivity contribution in [3.8, 4) is 0 Å². The fraction of sp³-hybridized carbons (Fsp3) is 0.857. The highest BCUT2D eigenvalue weighted by Crippen LogP contribution is 2.13. The van der Waals surface area contributed by atoms with E-state index in [0.29, 0.717) is 19.4 Å². The maximum atomic E-state index is 13.0. The molecule has 0 saturated carbocycles. The zero-order valence-corrected chi connectivity index (χ0v) is 27.3. The van der Waals surface area contributed by atoms with Gasteiger partial charge in [0, 0.05) is 32.6 Å². The Morgan fingerprint density at radius 3 is 1.56 bits per heavy atom. The molecule has 238 valence electrons. The summed E-state index contributed by atoms with van der Waals surface area (Å²) < 4.78 is 1.88. The van der Waals surface area contributed by atoms with Crippen LogP contribution in [0.1, 0.15) is 174 Å². The van der Waals surface area contributed by atoms with E-state index in [2.05, 4.69) is 29.5 Å². The first-order valence-corrected chi connectivity index (χ1v) is 17.6. The molecule has 1 aromatic rings. The highest BCUT2D eigenvalue weighted by Gasteiger charge is 2.21. The molecule has 1 unspecified atom stereocenters. The minimum atomic E-state index is -0.567. The Morgan fingerprint density at radius 2 is 1.12 bits per heavy atom. The maximum absolute atomic E-state index is 13.0.